The number of benzene rings is 2. The predicted molar refractivity (Wildman–Crippen MR) is 88.3 cm³/mol. The normalized spacial score (nSPS) is 19.0. The number of rotatable bonds is 4. The van der Waals surface area contributed by atoms with E-state index in [0.717, 1.165) is 19.6 Å². The van der Waals surface area contributed by atoms with Gasteiger partial charge in [-0.15, -0.1) is 0 Å². The molecule has 0 unspecified atom stereocenters. The molecule has 0 radical (unpaired) electrons. The highest BCUT2D eigenvalue weighted by Gasteiger charge is 2.27. The molecule has 22 heavy (non-hydrogen) atoms. The third-order valence-corrected chi connectivity index (χ3v) is 4.22. The van der Waals surface area contributed by atoms with Crippen LogP contribution in [0.15, 0.2) is 60.7 Å². The molecule has 0 amide bonds. The fourth-order valence-corrected chi connectivity index (χ4v) is 3.22. The van der Waals surface area contributed by atoms with Crippen molar-refractivity contribution >= 4 is 0 Å². The third kappa shape index (κ3) is 3.36. The Morgan fingerprint density at radius 2 is 1.64 bits per heavy atom. The molecule has 0 aliphatic carbocycles. The van der Waals surface area contributed by atoms with Crippen LogP contribution in [0.5, 0.6) is 0 Å². The SMILES string of the molecule is N#CC[C@H]1CN(C(c2ccccc2)c2ccccc2)CCN1. The largest absolute Gasteiger partial charge is 0.310 e. The summed E-state index contributed by atoms with van der Waals surface area (Å²) in [5.41, 5.74) is 2.62. The Morgan fingerprint density at radius 1 is 1.05 bits per heavy atom. The van der Waals surface area contributed by atoms with Crippen LogP contribution in [-0.4, -0.2) is 30.6 Å². The molecule has 1 aliphatic rings. The molecule has 3 rings (SSSR count). The van der Waals surface area contributed by atoms with Gasteiger partial charge >= 0.3 is 0 Å². The molecule has 1 atom stereocenters. The van der Waals surface area contributed by atoms with Crippen LogP contribution < -0.4 is 5.32 Å². The Kier molecular flexibility index (Phi) is 4.85. The molecule has 1 aliphatic heterocycles. The van der Waals surface area contributed by atoms with Crippen molar-refractivity contribution in [3.63, 3.8) is 0 Å². The van der Waals surface area contributed by atoms with Crippen LogP contribution in [0, 0.1) is 11.3 Å². The molecule has 2 aromatic carbocycles. The van der Waals surface area contributed by atoms with Gasteiger partial charge in [0, 0.05) is 25.7 Å². The van der Waals surface area contributed by atoms with Gasteiger partial charge in [0.1, 0.15) is 0 Å². The third-order valence-electron chi connectivity index (χ3n) is 4.22. The maximum atomic E-state index is 8.97. The first-order valence-electron chi connectivity index (χ1n) is 7.83. The van der Waals surface area contributed by atoms with Gasteiger partial charge in [-0.1, -0.05) is 60.7 Å². The number of hydrogen-bond donors (Lipinski definition) is 1. The first-order chi connectivity index (χ1) is 10.9. The number of piperazine rings is 1. The van der Waals surface area contributed by atoms with Crippen molar-refractivity contribution in [3.8, 4) is 6.07 Å². The second kappa shape index (κ2) is 7.22. The molecular weight excluding hydrogens is 270 g/mol. The smallest absolute Gasteiger partial charge is 0.0638 e. The summed E-state index contributed by atoms with van der Waals surface area (Å²) in [6.45, 7) is 2.83. The Labute approximate surface area is 132 Å². The molecule has 3 heteroatoms. The maximum absolute atomic E-state index is 8.97. The van der Waals surface area contributed by atoms with Crippen molar-refractivity contribution < 1.29 is 0 Å². The van der Waals surface area contributed by atoms with Gasteiger partial charge in [0.2, 0.25) is 0 Å². The zero-order chi connectivity index (χ0) is 15.2. The first-order valence-corrected chi connectivity index (χ1v) is 7.83. The second-order valence-electron chi connectivity index (χ2n) is 5.73. The zero-order valence-electron chi connectivity index (χ0n) is 12.7. The van der Waals surface area contributed by atoms with Crippen molar-refractivity contribution in [3.05, 3.63) is 71.8 Å². The Morgan fingerprint density at radius 3 is 2.18 bits per heavy atom. The maximum Gasteiger partial charge on any atom is 0.0638 e. The predicted octanol–water partition coefficient (Wildman–Crippen LogP) is 2.96. The van der Waals surface area contributed by atoms with Gasteiger partial charge in [-0.25, -0.2) is 0 Å². The van der Waals surface area contributed by atoms with Gasteiger partial charge in [0.15, 0.2) is 0 Å². The molecule has 0 aromatic heterocycles. The minimum absolute atomic E-state index is 0.255. The summed E-state index contributed by atoms with van der Waals surface area (Å²) in [6.07, 6.45) is 0.562. The summed E-state index contributed by atoms with van der Waals surface area (Å²) >= 11 is 0. The molecular formula is C19H21N3. The quantitative estimate of drug-likeness (QED) is 0.941. The summed E-state index contributed by atoms with van der Waals surface area (Å²) in [6, 6.07) is 24.1. The number of nitriles is 1. The van der Waals surface area contributed by atoms with Gasteiger partial charge in [0.25, 0.3) is 0 Å². The Hall–Kier alpha value is -2.15. The molecule has 0 bridgehead atoms. The molecule has 1 saturated heterocycles. The summed E-state index contributed by atoms with van der Waals surface area (Å²) in [7, 11) is 0. The lowest BCUT2D eigenvalue weighted by atomic mass is 9.95. The highest BCUT2D eigenvalue weighted by atomic mass is 15.2. The Bertz CT molecular complexity index is 579. The standard InChI is InChI=1S/C19H21N3/c20-12-11-18-15-22(14-13-21-18)19(16-7-3-1-4-8-16)17-9-5-2-6-10-17/h1-10,18-19,21H,11,13-15H2/t18-/m0/s1. The van der Waals surface area contributed by atoms with E-state index in [4.69, 9.17) is 5.26 Å². The lowest BCUT2D eigenvalue weighted by Crippen LogP contribution is -2.51. The van der Waals surface area contributed by atoms with Gasteiger partial charge in [-0.3, -0.25) is 4.90 Å². The Balaban J connectivity index is 1.91. The fourth-order valence-electron chi connectivity index (χ4n) is 3.22. The van der Waals surface area contributed by atoms with E-state index in [1.807, 2.05) is 0 Å². The number of hydrogen-bond acceptors (Lipinski definition) is 3. The molecule has 1 fully saturated rings. The molecule has 3 nitrogen and oxygen atoms in total. The summed E-state index contributed by atoms with van der Waals surface area (Å²) in [5.74, 6) is 0. The van der Waals surface area contributed by atoms with Gasteiger partial charge in [-0.2, -0.15) is 5.26 Å². The van der Waals surface area contributed by atoms with Crippen LogP contribution >= 0.6 is 0 Å². The van der Waals surface area contributed by atoms with Crippen LogP contribution in [0.25, 0.3) is 0 Å². The average Bonchev–Trinajstić information content (AvgIpc) is 2.58. The van der Waals surface area contributed by atoms with Crippen molar-refractivity contribution in [2.24, 2.45) is 0 Å². The molecule has 112 valence electrons. The lowest BCUT2D eigenvalue weighted by Gasteiger charge is -2.39. The van der Waals surface area contributed by atoms with Crippen LogP contribution in [-0.2, 0) is 0 Å². The van der Waals surface area contributed by atoms with E-state index in [2.05, 4.69) is 76.9 Å². The molecule has 1 heterocycles. The zero-order valence-corrected chi connectivity index (χ0v) is 12.7. The average molecular weight is 291 g/mol. The monoisotopic (exact) mass is 291 g/mol. The van der Waals surface area contributed by atoms with E-state index in [-0.39, 0.29) is 12.1 Å². The van der Waals surface area contributed by atoms with Crippen molar-refractivity contribution in [1.82, 2.24) is 10.2 Å². The molecule has 0 saturated carbocycles. The molecule has 1 N–H and O–H groups in total. The van der Waals surface area contributed by atoms with E-state index in [0.29, 0.717) is 6.42 Å². The van der Waals surface area contributed by atoms with E-state index < -0.39 is 0 Å². The van der Waals surface area contributed by atoms with E-state index >= 15 is 0 Å². The summed E-state index contributed by atoms with van der Waals surface area (Å²) < 4.78 is 0. The van der Waals surface area contributed by atoms with Crippen LogP contribution in [0.2, 0.25) is 0 Å². The topological polar surface area (TPSA) is 39.1 Å². The van der Waals surface area contributed by atoms with Crippen LogP contribution in [0.4, 0.5) is 0 Å². The first kappa shape index (κ1) is 14.8. The highest BCUT2D eigenvalue weighted by Crippen LogP contribution is 2.29. The highest BCUT2D eigenvalue weighted by molar-refractivity contribution is 5.32. The lowest BCUT2D eigenvalue weighted by molar-refractivity contribution is 0.165. The van der Waals surface area contributed by atoms with E-state index in [1.54, 1.807) is 0 Å². The van der Waals surface area contributed by atoms with Gasteiger partial charge in [-0.05, 0) is 11.1 Å². The van der Waals surface area contributed by atoms with E-state index in [1.165, 1.54) is 11.1 Å². The van der Waals surface area contributed by atoms with Gasteiger partial charge in [0.05, 0.1) is 18.5 Å². The van der Waals surface area contributed by atoms with Crippen molar-refractivity contribution in [1.29, 1.82) is 5.26 Å². The van der Waals surface area contributed by atoms with E-state index in [9.17, 15) is 0 Å². The number of nitrogens with one attached hydrogen (secondary N) is 1. The minimum Gasteiger partial charge on any atom is -0.310 e. The van der Waals surface area contributed by atoms with Crippen LogP contribution in [0.3, 0.4) is 0 Å². The fraction of sp³-hybridized carbons (Fsp3) is 0.316. The summed E-state index contributed by atoms with van der Waals surface area (Å²) in [5, 5.41) is 12.4. The van der Waals surface area contributed by atoms with Gasteiger partial charge < -0.3 is 5.32 Å². The minimum atomic E-state index is 0.255. The molecule has 2 aromatic rings. The van der Waals surface area contributed by atoms with Crippen molar-refractivity contribution in [2.45, 2.75) is 18.5 Å². The molecule has 0 spiro atoms. The second-order valence-corrected chi connectivity index (χ2v) is 5.73. The van der Waals surface area contributed by atoms with Crippen molar-refractivity contribution in [2.75, 3.05) is 19.6 Å². The van der Waals surface area contributed by atoms with Crippen LogP contribution in [0.1, 0.15) is 23.6 Å². The number of nitrogens with zero attached hydrogens (tertiary/aromatic N) is 2. The summed E-state index contributed by atoms with van der Waals surface area (Å²) in [4.78, 5) is 2.49.